The second-order valence-corrected chi connectivity index (χ2v) is 4.75. The summed E-state index contributed by atoms with van der Waals surface area (Å²) >= 11 is 0. The van der Waals surface area contributed by atoms with Crippen molar-refractivity contribution in [3.05, 3.63) is 66.1 Å². The van der Waals surface area contributed by atoms with E-state index in [1.807, 2.05) is 49.4 Å². The van der Waals surface area contributed by atoms with Crippen molar-refractivity contribution in [2.24, 2.45) is 0 Å². The van der Waals surface area contributed by atoms with Crippen LogP contribution < -0.4 is 5.32 Å². The van der Waals surface area contributed by atoms with Gasteiger partial charge in [-0.2, -0.15) is 0 Å². The topological polar surface area (TPSA) is 68.0 Å². The standard InChI is InChI=1S/C17H15N3O2/c1-2-15-19-20-17(22-15)13-8-10-14(11-9-13)18-16(21)12-6-4-3-5-7-12/h3-11H,2H2,1H3,(H,18,21). The third kappa shape index (κ3) is 3.03. The van der Waals surface area contributed by atoms with E-state index in [0.717, 1.165) is 5.56 Å². The minimum atomic E-state index is -0.139. The molecule has 5 heteroatoms. The third-order valence-corrected chi connectivity index (χ3v) is 3.19. The summed E-state index contributed by atoms with van der Waals surface area (Å²) in [7, 11) is 0. The number of hydrogen-bond acceptors (Lipinski definition) is 4. The molecule has 3 aromatic rings. The minimum Gasteiger partial charge on any atom is -0.421 e. The Kier molecular flexibility index (Phi) is 3.96. The van der Waals surface area contributed by atoms with Gasteiger partial charge in [-0.15, -0.1) is 10.2 Å². The normalized spacial score (nSPS) is 10.4. The van der Waals surface area contributed by atoms with E-state index in [9.17, 15) is 4.79 Å². The molecule has 2 aromatic carbocycles. The van der Waals surface area contributed by atoms with Crippen molar-refractivity contribution in [1.82, 2.24) is 10.2 Å². The van der Waals surface area contributed by atoms with E-state index in [1.165, 1.54) is 0 Å². The highest BCUT2D eigenvalue weighted by atomic mass is 16.4. The molecular weight excluding hydrogens is 278 g/mol. The maximum atomic E-state index is 12.1. The van der Waals surface area contributed by atoms with Gasteiger partial charge >= 0.3 is 0 Å². The highest BCUT2D eigenvalue weighted by Crippen LogP contribution is 2.20. The maximum absolute atomic E-state index is 12.1. The van der Waals surface area contributed by atoms with Crippen LogP contribution in [0.3, 0.4) is 0 Å². The lowest BCUT2D eigenvalue weighted by atomic mass is 10.2. The summed E-state index contributed by atoms with van der Waals surface area (Å²) in [6.07, 6.45) is 0.707. The SMILES string of the molecule is CCc1nnc(-c2ccc(NC(=O)c3ccccc3)cc2)o1. The number of carbonyl (C=O) groups is 1. The first-order valence-electron chi connectivity index (χ1n) is 7.05. The van der Waals surface area contributed by atoms with Gasteiger partial charge in [-0.25, -0.2) is 0 Å². The lowest BCUT2D eigenvalue weighted by molar-refractivity contribution is 0.102. The van der Waals surface area contributed by atoms with Crippen molar-refractivity contribution in [2.75, 3.05) is 5.32 Å². The maximum Gasteiger partial charge on any atom is 0.255 e. The van der Waals surface area contributed by atoms with Gasteiger partial charge in [0, 0.05) is 23.2 Å². The Bertz CT molecular complexity index is 764. The Morgan fingerprint density at radius 1 is 1.05 bits per heavy atom. The van der Waals surface area contributed by atoms with Gasteiger partial charge in [-0.1, -0.05) is 25.1 Å². The Morgan fingerprint density at radius 2 is 1.77 bits per heavy atom. The fraction of sp³-hybridized carbons (Fsp3) is 0.118. The third-order valence-electron chi connectivity index (χ3n) is 3.19. The summed E-state index contributed by atoms with van der Waals surface area (Å²) in [5, 5.41) is 10.8. The Morgan fingerprint density at radius 3 is 2.41 bits per heavy atom. The van der Waals surface area contributed by atoms with Gasteiger partial charge in [-0.05, 0) is 36.4 Å². The van der Waals surface area contributed by atoms with Crippen molar-refractivity contribution < 1.29 is 9.21 Å². The van der Waals surface area contributed by atoms with Gasteiger partial charge in [0.25, 0.3) is 5.91 Å². The van der Waals surface area contributed by atoms with Crippen LogP contribution in [0.25, 0.3) is 11.5 Å². The van der Waals surface area contributed by atoms with Crippen LogP contribution in [-0.2, 0) is 6.42 Å². The molecule has 0 unspecified atom stereocenters. The summed E-state index contributed by atoms with van der Waals surface area (Å²) in [6.45, 7) is 1.96. The molecule has 0 saturated carbocycles. The molecule has 0 saturated heterocycles. The first-order valence-corrected chi connectivity index (χ1v) is 7.05. The van der Waals surface area contributed by atoms with Crippen LogP contribution in [0.2, 0.25) is 0 Å². The van der Waals surface area contributed by atoms with Crippen molar-refractivity contribution in [1.29, 1.82) is 0 Å². The van der Waals surface area contributed by atoms with E-state index < -0.39 is 0 Å². The summed E-state index contributed by atoms with van der Waals surface area (Å²) in [5.41, 5.74) is 2.16. The Balaban J connectivity index is 1.73. The summed E-state index contributed by atoms with van der Waals surface area (Å²) in [6, 6.07) is 16.4. The molecule has 3 rings (SSSR count). The Hall–Kier alpha value is -2.95. The number of hydrogen-bond donors (Lipinski definition) is 1. The van der Waals surface area contributed by atoms with Crippen LogP contribution in [0.15, 0.2) is 59.0 Å². The molecular formula is C17H15N3O2. The van der Waals surface area contributed by atoms with Crippen molar-refractivity contribution in [3.8, 4) is 11.5 Å². The minimum absolute atomic E-state index is 0.139. The molecule has 0 atom stereocenters. The number of amides is 1. The number of aryl methyl sites for hydroxylation is 1. The fourth-order valence-electron chi connectivity index (χ4n) is 2.00. The molecule has 0 fully saturated rings. The molecule has 0 radical (unpaired) electrons. The number of benzene rings is 2. The number of anilines is 1. The van der Waals surface area contributed by atoms with Crippen molar-refractivity contribution in [2.45, 2.75) is 13.3 Å². The predicted molar refractivity (Wildman–Crippen MR) is 83.5 cm³/mol. The van der Waals surface area contributed by atoms with Crippen LogP contribution in [0.5, 0.6) is 0 Å². The zero-order valence-electron chi connectivity index (χ0n) is 12.1. The number of nitrogens with one attached hydrogen (secondary N) is 1. The van der Waals surface area contributed by atoms with Crippen LogP contribution in [-0.4, -0.2) is 16.1 Å². The van der Waals surface area contributed by atoms with Crippen LogP contribution in [0.1, 0.15) is 23.2 Å². The van der Waals surface area contributed by atoms with Crippen LogP contribution >= 0.6 is 0 Å². The first kappa shape index (κ1) is 14.0. The molecule has 0 aliphatic carbocycles. The zero-order chi connectivity index (χ0) is 15.4. The lowest BCUT2D eigenvalue weighted by Gasteiger charge is -2.05. The molecule has 0 spiro atoms. The second kappa shape index (κ2) is 6.22. The molecule has 5 nitrogen and oxygen atoms in total. The van der Waals surface area contributed by atoms with E-state index in [2.05, 4.69) is 15.5 Å². The van der Waals surface area contributed by atoms with Gasteiger partial charge in [0.2, 0.25) is 11.8 Å². The van der Waals surface area contributed by atoms with E-state index >= 15 is 0 Å². The fourth-order valence-corrected chi connectivity index (χ4v) is 2.00. The molecule has 0 aliphatic heterocycles. The zero-order valence-corrected chi connectivity index (χ0v) is 12.1. The molecule has 22 heavy (non-hydrogen) atoms. The average Bonchev–Trinajstić information content (AvgIpc) is 3.05. The molecule has 0 bridgehead atoms. The van der Waals surface area contributed by atoms with Crippen LogP contribution in [0.4, 0.5) is 5.69 Å². The van der Waals surface area contributed by atoms with Crippen molar-refractivity contribution >= 4 is 11.6 Å². The van der Waals surface area contributed by atoms with E-state index in [1.54, 1.807) is 12.1 Å². The van der Waals surface area contributed by atoms with Gasteiger partial charge in [0.1, 0.15) is 0 Å². The van der Waals surface area contributed by atoms with Gasteiger partial charge in [0.05, 0.1) is 0 Å². The number of aromatic nitrogens is 2. The highest BCUT2D eigenvalue weighted by molar-refractivity contribution is 6.04. The monoisotopic (exact) mass is 293 g/mol. The number of nitrogens with zero attached hydrogens (tertiary/aromatic N) is 2. The van der Waals surface area contributed by atoms with Gasteiger partial charge in [0.15, 0.2) is 0 Å². The molecule has 0 aliphatic rings. The molecule has 1 N–H and O–H groups in total. The molecule has 1 aromatic heterocycles. The second-order valence-electron chi connectivity index (χ2n) is 4.75. The number of carbonyl (C=O) groups excluding carboxylic acids is 1. The number of rotatable bonds is 4. The smallest absolute Gasteiger partial charge is 0.255 e. The molecule has 1 amide bonds. The largest absolute Gasteiger partial charge is 0.421 e. The average molecular weight is 293 g/mol. The van der Waals surface area contributed by atoms with Crippen molar-refractivity contribution in [3.63, 3.8) is 0 Å². The summed E-state index contributed by atoms with van der Waals surface area (Å²) < 4.78 is 5.50. The van der Waals surface area contributed by atoms with E-state index in [-0.39, 0.29) is 5.91 Å². The Labute approximate surface area is 128 Å². The van der Waals surface area contributed by atoms with E-state index in [0.29, 0.717) is 29.5 Å². The molecule has 110 valence electrons. The highest BCUT2D eigenvalue weighted by Gasteiger charge is 2.08. The van der Waals surface area contributed by atoms with Crippen LogP contribution in [0, 0.1) is 0 Å². The first-order chi connectivity index (χ1) is 10.8. The summed E-state index contributed by atoms with van der Waals surface area (Å²) in [4.78, 5) is 12.1. The van der Waals surface area contributed by atoms with Gasteiger partial charge < -0.3 is 9.73 Å². The molecule has 1 heterocycles. The van der Waals surface area contributed by atoms with Gasteiger partial charge in [-0.3, -0.25) is 4.79 Å². The quantitative estimate of drug-likeness (QED) is 0.798. The van der Waals surface area contributed by atoms with E-state index in [4.69, 9.17) is 4.42 Å². The predicted octanol–water partition coefficient (Wildman–Crippen LogP) is 3.55. The summed E-state index contributed by atoms with van der Waals surface area (Å²) in [5.74, 6) is 0.952. The lowest BCUT2D eigenvalue weighted by Crippen LogP contribution is -2.11.